The Hall–Kier alpha value is -1.91. The molecule has 1 spiro atoms. The molecule has 2 aliphatic rings. The highest BCUT2D eigenvalue weighted by Gasteiger charge is 2.46. The molecule has 2 aliphatic heterocycles. The number of likely N-dealkylation sites (tertiary alicyclic amines) is 1. The van der Waals surface area contributed by atoms with Gasteiger partial charge in [0.2, 0.25) is 5.91 Å². The van der Waals surface area contributed by atoms with E-state index < -0.39 is 0 Å². The summed E-state index contributed by atoms with van der Waals surface area (Å²) in [5, 5.41) is 3.76. The first-order valence-corrected chi connectivity index (χ1v) is 9.46. The van der Waals surface area contributed by atoms with Gasteiger partial charge in [-0.15, -0.1) is 0 Å². The monoisotopic (exact) mass is 372 g/mol. The molecule has 0 aliphatic carbocycles. The third kappa shape index (κ3) is 3.49. The van der Waals surface area contributed by atoms with Crippen LogP contribution in [0.2, 0.25) is 5.02 Å². The molecule has 1 amide bonds. The van der Waals surface area contributed by atoms with Crippen LogP contribution in [0.5, 0.6) is 0 Å². The molecule has 26 heavy (non-hydrogen) atoms. The predicted octanol–water partition coefficient (Wildman–Crippen LogP) is 4.12. The molecule has 2 fully saturated rings. The maximum atomic E-state index is 13.2. The first-order valence-electron chi connectivity index (χ1n) is 9.08. The summed E-state index contributed by atoms with van der Waals surface area (Å²) in [5.41, 5.74) is 1.95. The average molecular weight is 373 g/mol. The van der Waals surface area contributed by atoms with Gasteiger partial charge >= 0.3 is 0 Å². The summed E-state index contributed by atoms with van der Waals surface area (Å²) in [7, 11) is 0. The lowest BCUT2D eigenvalue weighted by Gasteiger charge is -2.39. The summed E-state index contributed by atoms with van der Waals surface area (Å²) >= 11 is 6.15. The van der Waals surface area contributed by atoms with E-state index >= 15 is 0 Å². The number of amides is 1. The van der Waals surface area contributed by atoms with Crippen molar-refractivity contribution in [3.05, 3.63) is 70.5 Å². The van der Waals surface area contributed by atoms with E-state index in [2.05, 4.69) is 10.2 Å². The van der Waals surface area contributed by atoms with E-state index in [-0.39, 0.29) is 23.2 Å². The average Bonchev–Trinajstić information content (AvgIpc) is 2.96. The van der Waals surface area contributed by atoms with E-state index in [1.165, 1.54) is 12.1 Å². The van der Waals surface area contributed by atoms with E-state index in [1.54, 1.807) is 6.07 Å². The van der Waals surface area contributed by atoms with Gasteiger partial charge < -0.3 is 5.32 Å². The third-order valence-electron chi connectivity index (χ3n) is 5.72. The second-order valence-electron chi connectivity index (χ2n) is 7.45. The SMILES string of the molecule is O=C1NC2(CCN(Cc3ccc(F)cc3Cl)CC2)C[C@@H]1c1ccccc1. The number of halogens is 2. The third-order valence-corrected chi connectivity index (χ3v) is 6.08. The van der Waals surface area contributed by atoms with Gasteiger partial charge in [-0.3, -0.25) is 9.69 Å². The smallest absolute Gasteiger partial charge is 0.228 e. The predicted molar refractivity (Wildman–Crippen MR) is 101 cm³/mol. The van der Waals surface area contributed by atoms with Crippen LogP contribution >= 0.6 is 11.6 Å². The Labute approximate surface area is 158 Å². The molecule has 0 saturated carbocycles. The molecule has 4 rings (SSSR count). The maximum absolute atomic E-state index is 13.2. The molecule has 1 atom stereocenters. The van der Waals surface area contributed by atoms with Crippen LogP contribution < -0.4 is 5.32 Å². The zero-order valence-electron chi connectivity index (χ0n) is 14.6. The Bertz CT molecular complexity index is 803. The van der Waals surface area contributed by atoms with Gasteiger partial charge in [0.05, 0.1) is 5.92 Å². The van der Waals surface area contributed by atoms with E-state index in [0.29, 0.717) is 11.6 Å². The molecule has 0 radical (unpaired) electrons. The lowest BCUT2D eigenvalue weighted by Crippen LogP contribution is -2.50. The number of hydrogen-bond donors (Lipinski definition) is 1. The van der Waals surface area contributed by atoms with E-state index in [1.807, 2.05) is 30.3 Å². The van der Waals surface area contributed by atoms with Crippen LogP contribution in [0, 0.1) is 5.82 Å². The quantitative estimate of drug-likeness (QED) is 0.879. The van der Waals surface area contributed by atoms with Gasteiger partial charge in [0.15, 0.2) is 0 Å². The van der Waals surface area contributed by atoms with Crippen molar-refractivity contribution >= 4 is 17.5 Å². The molecule has 3 nitrogen and oxygen atoms in total. The first kappa shape index (κ1) is 17.5. The minimum absolute atomic E-state index is 0.0470. The van der Waals surface area contributed by atoms with E-state index in [0.717, 1.165) is 43.5 Å². The number of piperidine rings is 1. The van der Waals surface area contributed by atoms with Crippen molar-refractivity contribution in [1.29, 1.82) is 0 Å². The molecule has 0 aromatic heterocycles. The highest BCUT2D eigenvalue weighted by Crippen LogP contribution is 2.39. The van der Waals surface area contributed by atoms with Gasteiger partial charge in [0.1, 0.15) is 5.82 Å². The van der Waals surface area contributed by atoms with Crippen LogP contribution in [-0.4, -0.2) is 29.4 Å². The Morgan fingerprint density at radius 2 is 1.88 bits per heavy atom. The van der Waals surface area contributed by atoms with Crippen molar-refractivity contribution in [1.82, 2.24) is 10.2 Å². The molecule has 0 unspecified atom stereocenters. The molecular formula is C21H22ClFN2O. The molecule has 0 bridgehead atoms. The van der Waals surface area contributed by atoms with Crippen LogP contribution in [0.25, 0.3) is 0 Å². The Kier molecular flexibility index (Phi) is 4.72. The van der Waals surface area contributed by atoms with E-state index in [9.17, 15) is 9.18 Å². The fourth-order valence-corrected chi connectivity index (χ4v) is 4.42. The van der Waals surface area contributed by atoms with Crippen LogP contribution in [0.15, 0.2) is 48.5 Å². The maximum Gasteiger partial charge on any atom is 0.228 e. The molecule has 5 heteroatoms. The van der Waals surface area contributed by atoms with Crippen LogP contribution in [0.3, 0.4) is 0 Å². The number of hydrogen-bond acceptors (Lipinski definition) is 2. The number of carbonyl (C=O) groups excluding carboxylic acids is 1. The molecule has 2 aromatic carbocycles. The van der Waals surface area contributed by atoms with Crippen molar-refractivity contribution in [3.8, 4) is 0 Å². The molecule has 2 heterocycles. The van der Waals surface area contributed by atoms with Crippen molar-refractivity contribution < 1.29 is 9.18 Å². The fourth-order valence-electron chi connectivity index (χ4n) is 4.20. The number of carbonyl (C=O) groups is 1. The van der Waals surface area contributed by atoms with Crippen LogP contribution in [0.1, 0.15) is 36.3 Å². The minimum atomic E-state index is -0.308. The molecule has 2 saturated heterocycles. The lowest BCUT2D eigenvalue weighted by atomic mass is 9.82. The first-order chi connectivity index (χ1) is 12.5. The van der Waals surface area contributed by atoms with Gasteiger partial charge in [0, 0.05) is 30.2 Å². The minimum Gasteiger partial charge on any atom is -0.350 e. The highest BCUT2D eigenvalue weighted by atomic mass is 35.5. The van der Waals surface area contributed by atoms with Crippen LogP contribution in [0.4, 0.5) is 4.39 Å². The second-order valence-corrected chi connectivity index (χ2v) is 7.86. The van der Waals surface area contributed by atoms with Gasteiger partial charge in [0.25, 0.3) is 0 Å². The number of nitrogens with one attached hydrogen (secondary N) is 1. The van der Waals surface area contributed by atoms with Crippen molar-refractivity contribution in [2.24, 2.45) is 0 Å². The molecule has 136 valence electrons. The second kappa shape index (κ2) is 7.01. The van der Waals surface area contributed by atoms with Gasteiger partial charge in [-0.1, -0.05) is 48.0 Å². The van der Waals surface area contributed by atoms with Crippen molar-refractivity contribution in [2.75, 3.05) is 13.1 Å². The Balaban J connectivity index is 1.40. The van der Waals surface area contributed by atoms with Crippen molar-refractivity contribution in [3.63, 3.8) is 0 Å². The summed E-state index contributed by atoms with van der Waals surface area (Å²) in [6.45, 7) is 2.51. The molecule has 1 N–H and O–H groups in total. The lowest BCUT2D eigenvalue weighted by molar-refractivity contribution is -0.121. The summed E-state index contributed by atoms with van der Waals surface area (Å²) in [6.07, 6.45) is 2.72. The van der Waals surface area contributed by atoms with Crippen LogP contribution in [-0.2, 0) is 11.3 Å². The highest BCUT2D eigenvalue weighted by molar-refractivity contribution is 6.31. The number of rotatable bonds is 3. The summed E-state index contributed by atoms with van der Waals surface area (Å²) < 4.78 is 13.2. The summed E-state index contributed by atoms with van der Waals surface area (Å²) in [4.78, 5) is 14.8. The largest absolute Gasteiger partial charge is 0.350 e. The summed E-state index contributed by atoms with van der Waals surface area (Å²) in [5.74, 6) is -0.211. The van der Waals surface area contributed by atoms with Crippen molar-refractivity contribution in [2.45, 2.75) is 37.3 Å². The molecule has 2 aromatic rings. The normalized spacial score (nSPS) is 22.5. The standard InChI is InChI=1S/C21H22ClFN2O/c22-19-12-17(23)7-6-16(19)14-25-10-8-21(9-11-25)13-18(20(26)24-21)15-4-2-1-3-5-15/h1-7,12,18H,8-11,13-14H2,(H,24,26)/t18-/m1/s1. The topological polar surface area (TPSA) is 32.3 Å². The fraction of sp³-hybridized carbons (Fsp3) is 0.381. The van der Waals surface area contributed by atoms with Gasteiger partial charge in [-0.05, 0) is 42.5 Å². The Morgan fingerprint density at radius 3 is 2.58 bits per heavy atom. The zero-order chi connectivity index (χ0) is 18.1. The Morgan fingerprint density at radius 1 is 1.15 bits per heavy atom. The van der Waals surface area contributed by atoms with Gasteiger partial charge in [-0.25, -0.2) is 4.39 Å². The zero-order valence-corrected chi connectivity index (χ0v) is 15.3. The number of benzene rings is 2. The number of nitrogens with zero attached hydrogens (tertiary/aromatic N) is 1. The molecular weight excluding hydrogens is 351 g/mol. The van der Waals surface area contributed by atoms with Gasteiger partial charge in [-0.2, -0.15) is 0 Å². The summed E-state index contributed by atoms with van der Waals surface area (Å²) in [6, 6.07) is 14.6. The van der Waals surface area contributed by atoms with E-state index in [4.69, 9.17) is 11.6 Å².